The van der Waals surface area contributed by atoms with Gasteiger partial charge in [0.15, 0.2) is 6.10 Å². The summed E-state index contributed by atoms with van der Waals surface area (Å²) in [4.78, 5) is 14.2. The SMILES string of the molecule is C[C@@H]1Oc2ccc(CN3CC=C(c4ccc(Cl)cc4)CC3)cc2NC1=O. The number of nitrogens with one attached hydrogen (secondary N) is 1. The summed E-state index contributed by atoms with van der Waals surface area (Å²) in [7, 11) is 0. The Morgan fingerprint density at radius 1 is 1.23 bits per heavy atom. The molecule has 134 valence electrons. The molecule has 26 heavy (non-hydrogen) atoms. The molecule has 2 heterocycles. The summed E-state index contributed by atoms with van der Waals surface area (Å²) >= 11 is 5.97. The Labute approximate surface area is 158 Å². The van der Waals surface area contributed by atoms with E-state index in [1.54, 1.807) is 6.92 Å². The van der Waals surface area contributed by atoms with Gasteiger partial charge in [0.05, 0.1) is 5.69 Å². The van der Waals surface area contributed by atoms with Gasteiger partial charge in [0.2, 0.25) is 0 Å². The van der Waals surface area contributed by atoms with E-state index in [1.165, 1.54) is 16.7 Å². The van der Waals surface area contributed by atoms with Gasteiger partial charge in [-0.25, -0.2) is 0 Å². The van der Waals surface area contributed by atoms with Gasteiger partial charge in [-0.1, -0.05) is 35.9 Å². The Hall–Kier alpha value is -2.30. The summed E-state index contributed by atoms with van der Waals surface area (Å²) in [6.07, 6.45) is 2.87. The lowest BCUT2D eigenvalue weighted by Crippen LogP contribution is -2.34. The van der Waals surface area contributed by atoms with Crippen molar-refractivity contribution in [3.8, 4) is 5.75 Å². The van der Waals surface area contributed by atoms with Crippen LogP contribution in [0.25, 0.3) is 5.57 Å². The van der Waals surface area contributed by atoms with Crippen LogP contribution in [-0.4, -0.2) is 30.0 Å². The van der Waals surface area contributed by atoms with E-state index in [4.69, 9.17) is 16.3 Å². The predicted molar refractivity (Wildman–Crippen MR) is 104 cm³/mol. The lowest BCUT2D eigenvalue weighted by molar-refractivity contribution is -0.122. The molecule has 2 aromatic carbocycles. The number of amides is 1. The second-order valence-corrected chi connectivity index (χ2v) is 7.24. The van der Waals surface area contributed by atoms with Gasteiger partial charge in [0.1, 0.15) is 5.75 Å². The Kier molecular flexibility index (Phi) is 4.70. The Morgan fingerprint density at radius 2 is 2.04 bits per heavy atom. The van der Waals surface area contributed by atoms with Gasteiger partial charge >= 0.3 is 0 Å². The van der Waals surface area contributed by atoms with Crippen LogP contribution in [0.5, 0.6) is 5.75 Å². The number of hydrogen-bond donors (Lipinski definition) is 1. The normalized spacial score (nSPS) is 20.0. The minimum atomic E-state index is -0.438. The molecule has 1 N–H and O–H groups in total. The quantitative estimate of drug-likeness (QED) is 0.875. The first-order valence-corrected chi connectivity index (χ1v) is 9.24. The van der Waals surface area contributed by atoms with E-state index in [1.807, 2.05) is 24.3 Å². The number of fused-ring (bicyclic) bond motifs is 1. The zero-order valence-corrected chi connectivity index (χ0v) is 15.4. The van der Waals surface area contributed by atoms with Crippen LogP contribution in [0.3, 0.4) is 0 Å². The highest BCUT2D eigenvalue weighted by molar-refractivity contribution is 6.30. The predicted octanol–water partition coefficient (Wildman–Crippen LogP) is 4.35. The summed E-state index contributed by atoms with van der Waals surface area (Å²) in [5.41, 5.74) is 4.56. The fourth-order valence-electron chi connectivity index (χ4n) is 3.39. The number of nitrogens with zero attached hydrogens (tertiary/aromatic N) is 1. The van der Waals surface area contributed by atoms with Gasteiger partial charge in [0.25, 0.3) is 5.91 Å². The zero-order valence-electron chi connectivity index (χ0n) is 14.7. The van der Waals surface area contributed by atoms with Crippen molar-refractivity contribution < 1.29 is 9.53 Å². The van der Waals surface area contributed by atoms with Crippen molar-refractivity contribution in [2.45, 2.75) is 26.0 Å². The van der Waals surface area contributed by atoms with Crippen LogP contribution in [0, 0.1) is 0 Å². The van der Waals surface area contributed by atoms with E-state index >= 15 is 0 Å². The third kappa shape index (κ3) is 3.62. The number of hydrogen-bond acceptors (Lipinski definition) is 3. The number of carbonyl (C=O) groups is 1. The van der Waals surface area contributed by atoms with Crippen molar-refractivity contribution in [2.24, 2.45) is 0 Å². The molecule has 4 nitrogen and oxygen atoms in total. The maximum atomic E-state index is 11.8. The van der Waals surface area contributed by atoms with Gasteiger partial charge in [-0.3, -0.25) is 9.69 Å². The molecule has 0 radical (unpaired) electrons. The molecular formula is C21H21ClN2O2. The third-order valence-corrected chi connectivity index (χ3v) is 5.14. The average Bonchev–Trinajstić information content (AvgIpc) is 2.64. The lowest BCUT2D eigenvalue weighted by Gasteiger charge is -2.28. The van der Waals surface area contributed by atoms with E-state index in [0.29, 0.717) is 0 Å². The van der Waals surface area contributed by atoms with Crippen LogP contribution in [-0.2, 0) is 11.3 Å². The molecule has 2 aliphatic heterocycles. The van der Waals surface area contributed by atoms with Gasteiger partial charge in [-0.15, -0.1) is 0 Å². The number of ether oxygens (including phenoxy) is 1. The van der Waals surface area contributed by atoms with Gasteiger partial charge in [0, 0.05) is 24.7 Å². The Morgan fingerprint density at radius 3 is 2.77 bits per heavy atom. The topological polar surface area (TPSA) is 41.6 Å². The smallest absolute Gasteiger partial charge is 0.265 e. The Bertz CT molecular complexity index is 861. The van der Waals surface area contributed by atoms with Crippen LogP contribution >= 0.6 is 11.6 Å². The molecule has 0 aliphatic carbocycles. The van der Waals surface area contributed by atoms with Crippen LogP contribution in [0.2, 0.25) is 5.02 Å². The van der Waals surface area contributed by atoms with Crippen LogP contribution in [0.15, 0.2) is 48.5 Å². The van der Waals surface area contributed by atoms with E-state index < -0.39 is 6.10 Å². The molecule has 0 aromatic heterocycles. The van der Waals surface area contributed by atoms with Gasteiger partial charge in [-0.2, -0.15) is 0 Å². The molecule has 1 amide bonds. The van der Waals surface area contributed by atoms with Crippen molar-refractivity contribution in [1.29, 1.82) is 0 Å². The minimum Gasteiger partial charge on any atom is -0.479 e. The summed E-state index contributed by atoms with van der Waals surface area (Å²) in [5.74, 6) is 0.646. The molecule has 0 bridgehead atoms. The monoisotopic (exact) mass is 368 g/mol. The van der Waals surface area contributed by atoms with Crippen molar-refractivity contribution in [3.05, 3.63) is 64.7 Å². The molecule has 5 heteroatoms. The summed E-state index contributed by atoms with van der Waals surface area (Å²) in [6, 6.07) is 14.1. The maximum absolute atomic E-state index is 11.8. The van der Waals surface area contributed by atoms with Crippen LogP contribution in [0.1, 0.15) is 24.5 Å². The molecule has 4 rings (SSSR count). The highest BCUT2D eigenvalue weighted by Crippen LogP contribution is 2.31. The summed E-state index contributed by atoms with van der Waals surface area (Å²) in [6.45, 7) is 4.52. The van der Waals surface area contributed by atoms with Crippen molar-refractivity contribution >= 4 is 28.8 Å². The molecule has 0 saturated heterocycles. The minimum absolute atomic E-state index is 0.0943. The number of rotatable bonds is 3. The zero-order chi connectivity index (χ0) is 18.1. The van der Waals surface area contributed by atoms with Crippen molar-refractivity contribution in [1.82, 2.24) is 4.90 Å². The Balaban J connectivity index is 1.42. The second-order valence-electron chi connectivity index (χ2n) is 6.80. The average molecular weight is 369 g/mol. The van der Waals surface area contributed by atoms with E-state index in [-0.39, 0.29) is 5.91 Å². The second kappa shape index (κ2) is 7.14. The summed E-state index contributed by atoms with van der Waals surface area (Å²) in [5, 5.41) is 3.68. The lowest BCUT2D eigenvalue weighted by atomic mass is 9.99. The molecule has 2 aliphatic rings. The maximum Gasteiger partial charge on any atom is 0.265 e. The molecule has 0 saturated carbocycles. The fourth-order valence-corrected chi connectivity index (χ4v) is 3.52. The fraction of sp³-hybridized carbons (Fsp3) is 0.286. The van der Waals surface area contributed by atoms with E-state index in [2.05, 4.69) is 34.5 Å². The van der Waals surface area contributed by atoms with E-state index in [0.717, 1.165) is 42.5 Å². The molecule has 1 atom stereocenters. The number of benzene rings is 2. The van der Waals surface area contributed by atoms with Crippen LogP contribution < -0.4 is 10.1 Å². The first-order valence-electron chi connectivity index (χ1n) is 8.86. The highest BCUT2D eigenvalue weighted by atomic mass is 35.5. The molecule has 0 spiro atoms. The van der Waals surface area contributed by atoms with Gasteiger partial charge < -0.3 is 10.1 Å². The van der Waals surface area contributed by atoms with Crippen LogP contribution in [0.4, 0.5) is 5.69 Å². The van der Waals surface area contributed by atoms with Gasteiger partial charge in [-0.05, 0) is 54.3 Å². The highest BCUT2D eigenvalue weighted by Gasteiger charge is 2.23. The molecule has 2 aromatic rings. The number of halogens is 1. The molecule has 0 unspecified atom stereocenters. The molecular weight excluding hydrogens is 348 g/mol. The van der Waals surface area contributed by atoms with Crippen molar-refractivity contribution in [2.75, 3.05) is 18.4 Å². The summed E-state index contributed by atoms with van der Waals surface area (Å²) < 4.78 is 5.62. The van der Waals surface area contributed by atoms with Crippen molar-refractivity contribution in [3.63, 3.8) is 0 Å². The first-order chi connectivity index (χ1) is 12.6. The number of anilines is 1. The largest absolute Gasteiger partial charge is 0.479 e. The van der Waals surface area contributed by atoms with E-state index in [9.17, 15) is 4.79 Å². The molecule has 0 fully saturated rings. The first kappa shape index (κ1) is 17.1. The third-order valence-electron chi connectivity index (χ3n) is 4.89. The number of carbonyl (C=O) groups excluding carboxylic acids is 1. The standard InChI is InChI=1S/C21H21ClN2O2/c1-14-21(25)23-19-12-15(2-7-20(19)26-14)13-24-10-8-17(9-11-24)16-3-5-18(22)6-4-16/h2-8,12,14H,9-11,13H2,1H3,(H,23,25)/t14-/m0/s1.